The van der Waals surface area contributed by atoms with Crippen molar-refractivity contribution < 1.29 is 17.6 Å². The van der Waals surface area contributed by atoms with Crippen LogP contribution in [0.5, 0.6) is 0 Å². The van der Waals surface area contributed by atoms with Crippen molar-refractivity contribution in [1.29, 1.82) is 5.26 Å². The zero-order chi connectivity index (χ0) is 20.3. The molecule has 0 unspecified atom stereocenters. The predicted molar refractivity (Wildman–Crippen MR) is 101 cm³/mol. The van der Waals surface area contributed by atoms with E-state index in [0.717, 1.165) is 23.6 Å². The van der Waals surface area contributed by atoms with Crippen molar-refractivity contribution in [2.45, 2.75) is 6.18 Å². The summed E-state index contributed by atoms with van der Waals surface area (Å²) in [7, 11) is 0. The Morgan fingerprint density at radius 3 is 2.54 bits per heavy atom. The maximum atomic E-state index is 13.2. The van der Waals surface area contributed by atoms with Crippen LogP contribution in [0.3, 0.4) is 0 Å². The van der Waals surface area contributed by atoms with E-state index in [1.165, 1.54) is 24.3 Å². The van der Waals surface area contributed by atoms with E-state index in [1.54, 1.807) is 17.5 Å². The largest absolute Gasteiger partial charge is 0.418 e. The molecule has 0 aliphatic heterocycles. The molecule has 3 aromatic rings. The number of thiazole rings is 1. The number of allylic oxidation sites excluding steroid dienone is 1. The molecule has 3 nitrogen and oxygen atoms in total. The summed E-state index contributed by atoms with van der Waals surface area (Å²) in [5.74, 6) is -0.385. The molecule has 0 spiro atoms. The number of anilines is 1. The first kappa shape index (κ1) is 19.9. The summed E-state index contributed by atoms with van der Waals surface area (Å²) in [6.07, 6.45) is -3.45. The molecular formula is C19H10ClF4N3S. The van der Waals surface area contributed by atoms with Crippen molar-refractivity contribution in [3.63, 3.8) is 0 Å². The normalized spacial score (nSPS) is 11.9. The van der Waals surface area contributed by atoms with Crippen molar-refractivity contribution in [1.82, 2.24) is 4.98 Å². The Balaban J connectivity index is 1.88. The first-order valence-corrected chi connectivity index (χ1v) is 8.99. The van der Waals surface area contributed by atoms with E-state index in [9.17, 15) is 22.8 Å². The molecule has 0 aliphatic rings. The summed E-state index contributed by atoms with van der Waals surface area (Å²) in [5, 5.41) is 13.8. The number of aromatic nitrogens is 1. The minimum atomic E-state index is -4.61. The lowest BCUT2D eigenvalue weighted by Gasteiger charge is -2.13. The Bertz CT molecular complexity index is 1070. The van der Waals surface area contributed by atoms with Crippen LogP contribution in [-0.2, 0) is 6.18 Å². The molecule has 0 bridgehead atoms. The van der Waals surface area contributed by atoms with Gasteiger partial charge in [-0.15, -0.1) is 11.3 Å². The van der Waals surface area contributed by atoms with Crippen LogP contribution in [0.1, 0.15) is 10.6 Å². The van der Waals surface area contributed by atoms with Gasteiger partial charge in [0.15, 0.2) is 0 Å². The highest BCUT2D eigenvalue weighted by molar-refractivity contribution is 7.11. The van der Waals surface area contributed by atoms with Gasteiger partial charge in [0.05, 0.1) is 16.9 Å². The summed E-state index contributed by atoms with van der Waals surface area (Å²) >= 11 is 6.80. The van der Waals surface area contributed by atoms with E-state index in [-0.39, 0.29) is 22.1 Å². The second-order valence-electron chi connectivity index (χ2n) is 5.55. The van der Waals surface area contributed by atoms with Gasteiger partial charge in [-0.2, -0.15) is 18.4 Å². The molecule has 3 rings (SSSR count). The van der Waals surface area contributed by atoms with Gasteiger partial charge in [0, 0.05) is 22.2 Å². The number of nitriles is 1. The van der Waals surface area contributed by atoms with Gasteiger partial charge in [0.25, 0.3) is 0 Å². The highest BCUT2D eigenvalue weighted by Crippen LogP contribution is 2.37. The van der Waals surface area contributed by atoms with E-state index in [4.69, 9.17) is 11.6 Å². The van der Waals surface area contributed by atoms with Crippen molar-refractivity contribution in [2.75, 3.05) is 5.32 Å². The fourth-order valence-corrected chi connectivity index (χ4v) is 3.29. The van der Waals surface area contributed by atoms with Crippen molar-refractivity contribution in [2.24, 2.45) is 0 Å². The average molecular weight is 424 g/mol. The first-order chi connectivity index (χ1) is 13.3. The topological polar surface area (TPSA) is 48.7 Å². The quantitative estimate of drug-likeness (QED) is 0.380. The van der Waals surface area contributed by atoms with Gasteiger partial charge in [0.2, 0.25) is 0 Å². The third-order valence-electron chi connectivity index (χ3n) is 3.65. The second kappa shape index (κ2) is 8.00. The molecule has 1 heterocycles. The third-order valence-corrected chi connectivity index (χ3v) is 4.76. The van der Waals surface area contributed by atoms with Crippen LogP contribution in [0.15, 0.2) is 54.0 Å². The Hall–Kier alpha value is -2.89. The Labute approximate surface area is 166 Å². The zero-order valence-corrected chi connectivity index (χ0v) is 15.5. The van der Waals surface area contributed by atoms with E-state index >= 15 is 0 Å². The number of rotatable bonds is 4. The van der Waals surface area contributed by atoms with Crippen molar-refractivity contribution >= 4 is 34.2 Å². The van der Waals surface area contributed by atoms with Crippen molar-refractivity contribution in [3.8, 4) is 17.3 Å². The Morgan fingerprint density at radius 2 is 1.89 bits per heavy atom. The molecule has 0 aliphatic carbocycles. The molecule has 1 aromatic heterocycles. The van der Waals surface area contributed by atoms with Crippen LogP contribution in [-0.4, -0.2) is 4.98 Å². The molecule has 2 aromatic carbocycles. The monoisotopic (exact) mass is 423 g/mol. The molecule has 0 atom stereocenters. The molecule has 0 amide bonds. The Morgan fingerprint density at radius 1 is 1.18 bits per heavy atom. The lowest BCUT2D eigenvalue weighted by molar-refractivity contribution is -0.136. The van der Waals surface area contributed by atoms with Crippen LogP contribution in [0.25, 0.3) is 16.8 Å². The standard InChI is InChI=1S/C19H10ClF4N3S/c20-13-3-6-16(15(7-13)19(22,23)24)26-9-12(8-25)18-27-17(10-28-18)11-1-4-14(21)5-2-11/h1-7,9-10,26H. The third kappa shape index (κ3) is 4.50. The maximum Gasteiger partial charge on any atom is 0.418 e. The molecule has 28 heavy (non-hydrogen) atoms. The fourth-order valence-electron chi connectivity index (χ4n) is 2.32. The van der Waals surface area contributed by atoms with Gasteiger partial charge >= 0.3 is 6.18 Å². The number of halogens is 5. The maximum absolute atomic E-state index is 13.2. The van der Waals surface area contributed by atoms with Crippen LogP contribution in [0.4, 0.5) is 23.2 Å². The van der Waals surface area contributed by atoms with Crippen LogP contribution >= 0.6 is 22.9 Å². The smallest absolute Gasteiger partial charge is 0.360 e. The predicted octanol–water partition coefficient (Wildman–Crippen LogP) is 6.60. The summed E-state index contributed by atoms with van der Waals surface area (Å²) < 4.78 is 52.5. The van der Waals surface area contributed by atoms with Crippen LogP contribution in [0.2, 0.25) is 5.02 Å². The molecule has 1 N–H and O–H groups in total. The number of nitrogens with one attached hydrogen (secondary N) is 1. The summed E-state index contributed by atoms with van der Waals surface area (Å²) in [4.78, 5) is 4.30. The average Bonchev–Trinajstić information content (AvgIpc) is 3.13. The summed E-state index contributed by atoms with van der Waals surface area (Å²) in [6.45, 7) is 0. The molecule has 9 heteroatoms. The molecule has 0 saturated heterocycles. The van der Waals surface area contributed by atoms with Gasteiger partial charge in [0.1, 0.15) is 22.5 Å². The number of benzene rings is 2. The molecule has 0 saturated carbocycles. The Kier molecular flexibility index (Phi) is 5.68. The number of alkyl halides is 3. The number of hydrogen-bond acceptors (Lipinski definition) is 4. The summed E-state index contributed by atoms with van der Waals surface area (Å²) in [6, 6.07) is 10.9. The van der Waals surface area contributed by atoms with Gasteiger partial charge in [-0.3, -0.25) is 0 Å². The lowest BCUT2D eigenvalue weighted by atomic mass is 10.1. The van der Waals surface area contributed by atoms with E-state index in [2.05, 4.69) is 10.3 Å². The minimum Gasteiger partial charge on any atom is -0.360 e. The van der Waals surface area contributed by atoms with Gasteiger partial charge < -0.3 is 5.32 Å². The molecule has 0 radical (unpaired) electrons. The first-order valence-electron chi connectivity index (χ1n) is 7.73. The van der Waals surface area contributed by atoms with E-state index < -0.39 is 11.7 Å². The second-order valence-corrected chi connectivity index (χ2v) is 6.84. The van der Waals surface area contributed by atoms with Crippen molar-refractivity contribution in [3.05, 3.63) is 75.5 Å². The lowest BCUT2D eigenvalue weighted by Crippen LogP contribution is -2.08. The van der Waals surface area contributed by atoms with E-state index in [0.29, 0.717) is 16.3 Å². The van der Waals surface area contributed by atoms with Gasteiger partial charge in [-0.05, 0) is 42.5 Å². The van der Waals surface area contributed by atoms with Crippen LogP contribution < -0.4 is 5.32 Å². The summed E-state index contributed by atoms with van der Waals surface area (Å²) in [5.41, 5.74) is 0.0657. The molecule has 0 fully saturated rings. The highest BCUT2D eigenvalue weighted by atomic mass is 35.5. The van der Waals surface area contributed by atoms with Gasteiger partial charge in [-0.25, -0.2) is 9.37 Å². The van der Waals surface area contributed by atoms with E-state index in [1.807, 2.05) is 6.07 Å². The van der Waals surface area contributed by atoms with Gasteiger partial charge in [-0.1, -0.05) is 11.6 Å². The zero-order valence-electron chi connectivity index (χ0n) is 13.9. The fraction of sp³-hybridized carbons (Fsp3) is 0.0526. The molecule has 142 valence electrons. The minimum absolute atomic E-state index is 0.0498. The number of nitrogens with zero attached hydrogens (tertiary/aromatic N) is 2. The van der Waals surface area contributed by atoms with Crippen LogP contribution in [0, 0.1) is 17.1 Å². The SMILES string of the molecule is N#CC(=CNc1ccc(Cl)cc1C(F)(F)F)c1nc(-c2ccc(F)cc2)cs1. The molecular weight excluding hydrogens is 414 g/mol. The highest BCUT2D eigenvalue weighted by Gasteiger charge is 2.33. The number of hydrogen-bond donors (Lipinski definition) is 1.